The summed E-state index contributed by atoms with van der Waals surface area (Å²) >= 11 is 0. The molecule has 1 N–H and O–H groups in total. The van der Waals surface area contributed by atoms with Crippen LogP contribution in [0.4, 0.5) is 0 Å². The number of nitrogens with one attached hydrogen (secondary N) is 1. The van der Waals surface area contributed by atoms with E-state index in [-0.39, 0.29) is 5.92 Å². The van der Waals surface area contributed by atoms with Crippen LogP contribution in [0, 0.1) is 5.92 Å². The van der Waals surface area contributed by atoms with Gasteiger partial charge in [-0.3, -0.25) is 4.79 Å². The number of ether oxygens (including phenoxy) is 1. The zero-order valence-corrected chi connectivity index (χ0v) is 9.65. The van der Waals surface area contributed by atoms with E-state index in [1.165, 1.54) is 12.8 Å². The highest BCUT2D eigenvalue weighted by atomic mass is 16.5. The molecular weight excluding hydrogens is 204 g/mol. The minimum Gasteiger partial charge on any atom is -0.381 e. The number of carbonyl (C=O) groups is 1. The lowest BCUT2D eigenvalue weighted by atomic mass is 10.1. The lowest BCUT2D eigenvalue weighted by Crippen LogP contribution is -2.45. The van der Waals surface area contributed by atoms with Crippen LogP contribution in [0.2, 0.25) is 0 Å². The zero-order chi connectivity index (χ0) is 11.0. The number of hydrogen-bond donors (Lipinski definition) is 1. The predicted molar refractivity (Wildman–Crippen MR) is 60.1 cm³/mol. The first-order chi connectivity index (χ1) is 7.86. The monoisotopic (exact) mass is 224 g/mol. The summed E-state index contributed by atoms with van der Waals surface area (Å²) in [4.78, 5) is 14.6. The van der Waals surface area contributed by atoms with Crippen LogP contribution in [-0.4, -0.2) is 49.2 Å². The molecule has 90 valence electrons. The Kier molecular flexibility index (Phi) is 2.86. The van der Waals surface area contributed by atoms with Crippen LogP contribution in [-0.2, 0) is 9.53 Å². The summed E-state index contributed by atoms with van der Waals surface area (Å²) in [5.41, 5.74) is 0. The molecule has 3 rings (SSSR count). The van der Waals surface area contributed by atoms with Crippen molar-refractivity contribution < 1.29 is 9.53 Å². The highest BCUT2D eigenvalue weighted by molar-refractivity contribution is 5.80. The molecular formula is C12H20N2O2. The summed E-state index contributed by atoms with van der Waals surface area (Å²) in [6, 6.07) is 0.939. The lowest BCUT2D eigenvalue weighted by Gasteiger charge is -2.30. The Labute approximate surface area is 96.3 Å². The Hall–Kier alpha value is -0.610. The molecule has 0 aromatic carbocycles. The summed E-state index contributed by atoms with van der Waals surface area (Å²) in [6.45, 7) is 3.45. The second kappa shape index (κ2) is 4.34. The summed E-state index contributed by atoms with van der Waals surface area (Å²) in [5, 5.41) is 3.43. The molecule has 3 atom stereocenters. The molecule has 0 spiro atoms. The first-order valence-electron chi connectivity index (χ1n) is 6.47. The van der Waals surface area contributed by atoms with Gasteiger partial charge in [0.25, 0.3) is 0 Å². The third-order valence-electron chi connectivity index (χ3n) is 4.19. The Balaban J connectivity index is 1.74. The van der Waals surface area contributed by atoms with E-state index in [2.05, 4.69) is 10.2 Å². The maximum Gasteiger partial charge on any atom is 0.228 e. The van der Waals surface area contributed by atoms with Gasteiger partial charge in [-0.25, -0.2) is 0 Å². The molecule has 0 aromatic rings. The molecule has 3 aliphatic rings. The van der Waals surface area contributed by atoms with Gasteiger partial charge in [0.1, 0.15) is 0 Å². The van der Waals surface area contributed by atoms with Gasteiger partial charge in [-0.2, -0.15) is 0 Å². The molecule has 4 nitrogen and oxygen atoms in total. The lowest BCUT2D eigenvalue weighted by molar-refractivity contribution is -0.138. The van der Waals surface area contributed by atoms with E-state index < -0.39 is 0 Å². The largest absolute Gasteiger partial charge is 0.381 e. The summed E-state index contributed by atoms with van der Waals surface area (Å²) in [7, 11) is 0. The number of carbonyl (C=O) groups excluding carboxylic acids is 1. The maximum atomic E-state index is 12.4. The van der Waals surface area contributed by atoms with Crippen LogP contribution in [0.1, 0.15) is 25.7 Å². The standard InChI is InChI=1S/C12H20N2O2/c15-12(9-4-6-16-8-9)14-10-1-2-11(14)7-13-5-3-10/h9-11,13H,1-8H2. The van der Waals surface area contributed by atoms with Gasteiger partial charge in [0.05, 0.1) is 12.5 Å². The highest BCUT2D eigenvalue weighted by Crippen LogP contribution is 2.30. The molecule has 4 heteroatoms. The second-order valence-electron chi connectivity index (χ2n) is 5.18. The first kappa shape index (κ1) is 10.5. The Morgan fingerprint density at radius 3 is 2.88 bits per heavy atom. The molecule has 0 radical (unpaired) electrons. The van der Waals surface area contributed by atoms with Crippen molar-refractivity contribution in [2.24, 2.45) is 5.92 Å². The number of hydrogen-bond acceptors (Lipinski definition) is 3. The van der Waals surface area contributed by atoms with E-state index in [4.69, 9.17) is 4.74 Å². The fraction of sp³-hybridized carbons (Fsp3) is 0.917. The van der Waals surface area contributed by atoms with E-state index in [0.717, 1.165) is 32.5 Å². The molecule has 3 aliphatic heterocycles. The smallest absolute Gasteiger partial charge is 0.228 e. The van der Waals surface area contributed by atoms with Gasteiger partial charge in [0.2, 0.25) is 5.91 Å². The van der Waals surface area contributed by atoms with E-state index in [1.807, 2.05) is 0 Å². The van der Waals surface area contributed by atoms with Gasteiger partial charge in [-0.1, -0.05) is 0 Å². The second-order valence-corrected chi connectivity index (χ2v) is 5.18. The quantitative estimate of drug-likeness (QED) is 0.700. The van der Waals surface area contributed by atoms with Gasteiger partial charge in [0.15, 0.2) is 0 Å². The average molecular weight is 224 g/mol. The van der Waals surface area contributed by atoms with Gasteiger partial charge in [-0.15, -0.1) is 0 Å². The van der Waals surface area contributed by atoms with Crippen LogP contribution < -0.4 is 5.32 Å². The van der Waals surface area contributed by atoms with Crippen molar-refractivity contribution in [3.05, 3.63) is 0 Å². The normalized spacial score (nSPS) is 38.8. The van der Waals surface area contributed by atoms with Gasteiger partial charge in [0, 0.05) is 25.2 Å². The van der Waals surface area contributed by atoms with Crippen LogP contribution in [0.3, 0.4) is 0 Å². The number of rotatable bonds is 1. The van der Waals surface area contributed by atoms with Crippen LogP contribution in [0.5, 0.6) is 0 Å². The number of amides is 1. The number of nitrogens with zero attached hydrogens (tertiary/aromatic N) is 1. The molecule has 3 saturated heterocycles. The third-order valence-corrected chi connectivity index (χ3v) is 4.19. The summed E-state index contributed by atoms with van der Waals surface area (Å²) in [6.07, 6.45) is 4.42. The Bertz CT molecular complexity index is 262. The Morgan fingerprint density at radius 1 is 1.19 bits per heavy atom. The zero-order valence-electron chi connectivity index (χ0n) is 9.65. The fourth-order valence-corrected chi connectivity index (χ4v) is 3.28. The van der Waals surface area contributed by atoms with Crippen molar-refractivity contribution in [1.82, 2.24) is 10.2 Å². The molecule has 3 fully saturated rings. The van der Waals surface area contributed by atoms with Crippen LogP contribution in [0.15, 0.2) is 0 Å². The van der Waals surface area contributed by atoms with Crippen molar-refractivity contribution in [2.45, 2.75) is 37.8 Å². The third kappa shape index (κ3) is 1.74. The van der Waals surface area contributed by atoms with E-state index in [0.29, 0.717) is 24.6 Å². The molecule has 1 amide bonds. The van der Waals surface area contributed by atoms with Crippen LogP contribution >= 0.6 is 0 Å². The van der Waals surface area contributed by atoms with Crippen molar-refractivity contribution >= 4 is 5.91 Å². The molecule has 0 aliphatic carbocycles. The fourth-order valence-electron chi connectivity index (χ4n) is 3.28. The molecule has 2 bridgehead atoms. The minimum atomic E-state index is 0.140. The van der Waals surface area contributed by atoms with Gasteiger partial charge in [-0.05, 0) is 32.2 Å². The van der Waals surface area contributed by atoms with Crippen molar-refractivity contribution in [3.63, 3.8) is 0 Å². The summed E-state index contributed by atoms with van der Waals surface area (Å²) < 4.78 is 5.33. The predicted octanol–water partition coefficient (Wildman–Crippen LogP) is 0.376. The minimum absolute atomic E-state index is 0.140. The SMILES string of the molecule is O=C(C1CCOC1)N1C2CCNCC1CC2. The van der Waals surface area contributed by atoms with Crippen LogP contribution in [0.25, 0.3) is 0 Å². The average Bonchev–Trinajstić information content (AvgIpc) is 2.84. The molecule has 3 unspecified atom stereocenters. The van der Waals surface area contributed by atoms with Gasteiger partial charge < -0.3 is 15.0 Å². The first-order valence-corrected chi connectivity index (χ1v) is 6.47. The molecule has 3 heterocycles. The maximum absolute atomic E-state index is 12.4. The summed E-state index contributed by atoms with van der Waals surface area (Å²) in [5.74, 6) is 0.495. The number of fused-ring (bicyclic) bond motifs is 2. The highest BCUT2D eigenvalue weighted by Gasteiger charge is 2.41. The molecule has 0 aromatic heterocycles. The van der Waals surface area contributed by atoms with Gasteiger partial charge >= 0.3 is 0 Å². The topological polar surface area (TPSA) is 41.6 Å². The van der Waals surface area contributed by atoms with Crippen molar-refractivity contribution in [1.29, 1.82) is 0 Å². The van der Waals surface area contributed by atoms with E-state index >= 15 is 0 Å². The van der Waals surface area contributed by atoms with E-state index in [9.17, 15) is 4.79 Å². The van der Waals surface area contributed by atoms with E-state index in [1.54, 1.807) is 0 Å². The Morgan fingerprint density at radius 2 is 2.06 bits per heavy atom. The van der Waals surface area contributed by atoms with Crippen molar-refractivity contribution in [3.8, 4) is 0 Å². The molecule has 0 saturated carbocycles. The van der Waals surface area contributed by atoms with Crippen molar-refractivity contribution in [2.75, 3.05) is 26.3 Å². The molecule has 16 heavy (non-hydrogen) atoms.